The first-order valence-electron chi connectivity index (χ1n) is 8.76. The number of imidazole rings is 1. The Labute approximate surface area is 161 Å². The average Bonchev–Trinajstić information content (AvgIpc) is 2.98. The van der Waals surface area contributed by atoms with Crippen LogP contribution in [0.2, 0.25) is 0 Å². The summed E-state index contributed by atoms with van der Waals surface area (Å²) in [5, 5.41) is 14.5. The van der Waals surface area contributed by atoms with Crippen molar-refractivity contribution >= 4 is 17.3 Å². The van der Waals surface area contributed by atoms with Gasteiger partial charge < -0.3 is 15.4 Å². The van der Waals surface area contributed by atoms with Crippen LogP contribution in [-0.2, 0) is 0 Å². The highest BCUT2D eigenvalue weighted by Crippen LogP contribution is 2.44. The Morgan fingerprint density at radius 1 is 0.964 bits per heavy atom. The summed E-state index contributed by atoms with van der Waals surface area (Å²) in [6.07, 6.45) is 6.88. The molecule has 8 heteroatoms. The molecule has 1 aliphatic rings. The van der Waals surface area contributed by atoms with Crippen molar-refractivity contribution in [3.63, 3.8) is 0 Å². The van der Waals surface area contributed by atoms with Gasteiger partial charge in [-0.05, 0) is 30.3 Å². The van der Waals surface area contributed by atoms with E-state index in [4.69, 9.17) is 4.98 Å². The van der Waals surface area contributed by atoms with Crippen LogP contribution in [0.25, 0.3) is 33.9 Å². The largest absolute Gasteiger partial charge is 0.426 e. The molecule has 0 spiro atoms. The fourth-order valence-corrected chi connectivity index (χ4v) is 3.46. The summed E-state index contributed by atoms with van der Waals surface area (Å²) in [6.45, 7) is 0. The summed E-state index contributed by atoms with van der Waals surface area (Å²) in [7, 11) is 3.81. The molecule has 4 aromatic rings. The Kier molecular flexibility index (Phi) is 3.51. The molecule has 0 saturated carbocycles. The van der Waals surface area contributed by atoms with E-state index >= 15 is 0 Å². The van der Waals surface area contributed by atoms with Gasteiger partial charge in [0, 0.05) is 50.0 Å². The average molecular weight is 371 g/mol. The number of hydrogen-bond acceptors (Lipinski definition) is 7. The number of rotatable bonds is 2. The molecule has 1 aliphatic heterocycles. The molecule has 8 nitrogen and oxygen atoms in total. The number of nitrogens with zero attached hydrogens (tertiary/aromatic N) is 6. The van der Waals surface area contributed by atoms with Gasteiger partial charge in [-0.2, -0.15) is 4.73 Å². The summed E-state index contributed by atoms with van der Waals surface area (Å²) >= 11 is 0. The first kappa shape index (κ1) is 16.2. The quantitative estimate of drug-likeness (QED) is 0.459. The predicted octanol–water partition coefficient (Wildman–Crippen LogP) is 3.43. The zero-order valence-corrected chi connectivity index (χ0v) is 15.3. The van der Waals surface area contributed by atoms with Gasteiger partial charge in [0.25, 0.3) is 0 Å². The molecule has 28 heavy (non-hydrogen) atoms. The van der Waals surface area contributed by atoms with Crippen molar-refractivity contribution < 1.29 is 5.21 Å². The number of fused-ring (bicyclic) bond motifs is 5. The Morgan fingerprint density at radius 3 is 2.57 bits per heavy atom. The van der Waals surface area contributed by atoms with E-state index in [1.54, 1.807) is 24.8 Å². The van der Waals surface area contributed by atoms with Crippen LogP contribution in [0, 0.1) is 0 Å². The van der Waals surface area contributed by atoms with E-state index in [0.29, 0.717) is 28.8 Å². The molecule has 0 radical (unpaired) electrons. The van der Waals surface area contributed by atoms with Crippen LogP contribution in [0.5, 0.6) is 0 Å². The van der Waals surface area contributed by atoms with Crippen molar-refractivity contribution in [3.8, 4) is 33.9 Å². The van der Waals surface area contributed by atoms with Gasteiger partial charge in [0.1, 0.15) is 23.0 Å². The standard InChI is InChI=1S/C20H17N7O/c1-26(2)19-13(6-4-9-23-19)20-25-16-14-11-21-10-7-15(14)24-18-12(5-3-8-22-18)17(16)27(20)28/h3-11,28H,1-2H3,(H,22,24). The minimum Gasteiger partial charge on any atom is -0.426 e. The topological polar surface area (TPSA) is 92.0 Å². The van der Waals surface area contributed by atoms with Gasteiger partial charge in [-0.15, -0.1) is 0 Å². The monoisotopic (exact) mass is 371 g/mol. The first-order valence-corrected chi connectivity index (χ1v) is 8.76. The van der Waals surface area contributed by atoms with Gasteiger partial charge >= 0.3 is 0 Å². The minimum absolute atomic E-state index is 0.410. The van der Waals surface area contributed by atoms with E-state index in [-0.39, 0.29) is 0 Å². The van der Waals surface area contributed by atoms with Crippen LogP contribution in [0.1, 0.15) is 0 Å². The third-order valence-corrected chi connectivity index (χ3v) is 4.70. The summed E-state index contributed by atoms with van der Waals surface area (Å²) in [5.74, 6) is 1.77. The van der Waals surface area contributed by atoms with E-state index in [2.05, 4.69) is 20.3 Å². The van der Waals surface area contributed by atoms with Crippen molar-refractivity contribution in [2.75, 3.05) is 24.3 Å². The molecule has 5 heterocycles. The second kappa shape index (κ2) is 6.05. The van der Waals surface area contributed by atoms with Crippen molar-refractivity contribution in [2.45, 2.75) is 0 Å². The van der Waals surface area contributed by atoms with Crippen molar-refractivity contribution in [1.82, 2.24) is 24.7 Å². The SMILES string of the molecule is CN(C)c1ncccc1-c1nc2c(n1O)-c1cccnc1Nc1ccncc1-2. The highest BCUT2D eigenvalue weighted by molar-refractivity contribution is 5.95. The zero-order chi connectivity index (χ0) is 19.3. The van der Waals surface area contributed by atoms with Gasteiger partial charge in [-0.1, -0.05) is 0 Å². The fourth-order valence-electron chi connectivity index (χ4n) is 3.46. The summed E-state index contributed by atoms with van der Waals surface area (Å²) in [6, 6.07) is 9.33. The van der Waals surface area contributed by atoms with Crippen LogP contribution in [0.3, 0.4) is 0 Å². The molecule has 4 aromatic heterocycles. The third-order valence-electron chi connectivity index (χ3n) is 4.70. The second-order valence-electron chi connectivity index (χ2n) is 6.66. The normalized spacial score (nSPS) is 11.6. The molecule has 0 unspecified atom stereocenters. The fraction of sp³-hybridized carbons (Fsp3) is 0.100. The molecule has 2 N–H and O–H groups in total. The van der Waals surface area contributed by atoms with Gasteiger partial charge in [0.15, 0.2) is 5.82 Å². The number of nitrogens with one attached hydrogen (secondary N) is 1. The Balaban J connectivity index is 1.85. The molecule has 0 amide bonds. The van der Waals surface area contributed by atoms with Crippen LogP contribution in [0.15, 0.2) is 55.1 Å². The number of pyridine rings is 3. The van der Waals surface area contributed by atoms with Crippen molar-refractivity contribution in [2.24, 2.45) is 0 Å². The molecule has 138 valence electrons. The van der Waals surface area contributed by atoms with E-state index in [1.165, 1.54) is 0 Å². The lowest BCUT2D eigenvalue weighted by atomic mass is 10.1. The lowest BCUT2D eigenvalue weighted by Gasteiger charge is -2.15. The number of anilines is 3. The van der Waals surface area contributed by atoms with Crippen LogP contribution in [-0.4, -0.2) is 44.0 Å². The highest BCUT2D eigenvalue weighted by Gasteiger charge is 2.29. The van der Waals surface area contributed by atoms with E-state index in [0.717, 1.165) is 27.1 Å². The molecule has 0 bridgehead atoms. The Hall–Kier alpha value is -3.94. The molecule has 0 atom stereocenters. The van der Waals surface area contributed by atoms with E-state index < -0.39 is 0 Å². The van der Waals surface area contributed by atoms with Gasteiger partial charge in [-0.25, -0.2) is 15.0 Å². The van der Waals surface area contributed by atoms with Crippen molar-refractivity contribution in [1.29, 1.82) is 0 Å². The first-order chi connectivity index (χ1) is 13.6. The minimum atomic E-state index is 0.410. The second-order valence-corrected chi connectivity index (χ2v) is 6.66. The molecular formula is C20H17N7O. The Morgan fingerprint density at radius 2 is 1.75 bits per heavy atom. The molecule has 0 fully saturated rings. The molecule has 0 aromatic carbocycles. The molecule has 0 saturated heterocycles. The molecule has 0 aliphatic carbocycles. The maximum atomic E-state index is 11.2. The van der Waals surface area contributed by atoms with Crippen LogP contribution < -0.4 is 10.2 Å². The molecule has 5 rings (SSSR count). The van der Waals surface area contributed by atoms with Gasteiger partial charge in [0.2, 0.25) is 0 Å². The lowest BCUT2D eigenvalue weighted by molar-refractivity contribution is 0.195. The maximum Gasteiger partial charge on any atom is 0.180 e. The number of hydrogen-bond donors (Lipinski definition) is 2. The molecular weight excluding hydrogens is 354 g/mol. The zero-order valence-electron chi connectivity index (χ0n) is 15.3. The summed E-state index contributed by atoms with van der Waals surface area (Å²) in [5.41, 5.74) is 4.30. The lowest BCUT2D eigenvalue weighted by Crippen LogP contribution is -2.12. The predicted molar refractivity (Wildman–Crippen MR) is 107 cm³/mol. The van der Waals surface area contributed by atoms with E-state index in [1.807, 2.05) is 49.3 Å². The van der Waals surface area contributed by atoms with Gasteiger partial charge in [-0.3, -0.25) is 4.98 Å². The van der Waals surface area contributed by atoms with Crippen molar-refractivity contribution in [3.05, 3.63) is 55.1 Å². The van der Waals surface area contributed by atoms with Crippen LogP contribution in [0.4, 0.5) is 17.3 Å². The van der Waals surface area contributed by atoms with Crippen LogP contribution >= 0.6 is 0 Å². The smallest absolute Gasteiger partial charge is 0.180 e. The van der Waals surface area contributed by atoms with E-state index in [9.17, 15) is 5.21 Å². The summed E-state index contributed by atoms with van der Waals surface area (Å²) < 4.78 is 1.11. The Bertz CT molecular complexity index is 1200. The maximum absolute atomic E-state index is 11.2. The summed E-state index contributed by atoms with van der Waals surface area (Å²) in [4.78, 5) is 19.8. The number of aromatic nitrogens is 5. The third kappa shape index (κ3) is 2.31. The van der Waals surface area contributed by atoms with Gasteiger partial charge in [0.05, 0.1) is 11.3 Å². The highest BCUT2D eigenvalue weighted by atomic mass is 16.5.